The summed E-state index contributed by atoms with van der Waals surface area (Å²) in [6.45, 7) is 2.32. The Morgan fingerprint density at radius 1 is 1.25 bits per heavy atom. The van der Waals surface area contributed by atoms with E-state index in [0.717, 1.165) is 12.0 Å². The van der Waals surface area contributed by atoms with Crippen molar-refractivity contribution >= 4 is 39.9 Å². The predicted octanol–water partition coefficient (Wildman–Crippen LogP) is 4.16. The predicted molar refractivity (Wildman–Crippen MR) is 109 cm³/mol. The van der Waals surface area contributed by atoms with E-state index in [-0.39, 0.29) is 11.7 Å². The maximum Gasteiger partial charge on any atom is 0.220 e. The normalized spacial score (nSPS) is 10.7. The highest BCUT2D eigenvalue weighted by atomic mass is 35.5. The Balaban J connectivity index is 1.94. The summed E-state index contributed by atoms with van der Waals surface area (Å²) in [5.41, 5.74) is 2.19. The second-order valence-corrected chi connectivity index (χ2v) is 6.65. The molecular weight excluding hydrogens is 380 g/mol. The lowest BCUT2D eigenvalue weighted by Crippen LogP contribution is -2.22. The van der Waals surface area contributed by atoms with Crippen LogP contribution in [0.5, 0.6) is 11.5 Å². The fourth-order valence-corrected chi connectivity index (χ4v) is 2.96. The van der Waals surface area contributed by atoms with Crippen LogP contribution < -0.4 is 15.4 Å². The van der Waals surface area contributed by atoms with Gasteiger partial charge in [-0.15, -0.1) is 0 Å². The fraction of sp³-hybridized carbons (Fsp3) is 0.250. The van der Waals surface area contributed by atoms with Gasteiger partial charge in [-0.1, -0.05) is 24.6 Å². The minimum atomic E-state index is -0.00834. The zero-order chi connectivity index (χ0) is 20.1. The number of carbonyl (C=O) groups is 1. The number of hydrogen-bond acceptors (Lipinski definition) is 6. The summed E-state index contributed by atoms with van der Waals surface area (Å²) in [7, 11) is 1.48. The van der Waals surface area contributed by atoms with Crippen molar-refractivity contribution in [3.63, 3.8) is 0 Å². The van der Waals surface area contributed by atoms with E-state index in [4.69, 9.17) is 16.3 Å². The highest BCUT2D eigenvalue weighted by molar-refractivity contribution is 6.30. The number of amides is 1. The van der Waals surface area contributed by atoms with Crippen LogP contribution in [0.25, 0.3) is 10.9 Å². The first-order valence-corrected chi connectivity index (χ1v) is 9.23. The van der Waals surface area contributed by atoms with Crippen molar-refractivity contribution < 1.29 is 14.6 Å². The third kappa shape index (κ3) is 4.43. The van der Waals surface area contributed by atoms with Crippen molar-refractivity contribution in [2.45, 2.75) is 26.3 Å². The van der Waals surface area contributed by atoms with Gasteiger partial charge in [0.25, 0.3) is 0 Å². The number of rotatable bonds is 7. The van der Waals surface area contributed by atoms with Gasteiger partial charge in [0, 0.05) is 35.1 Å². The van der Waals surface area contributed by atoms with Crippen molar-refractivity contribution in [3.05, 3.63) is 47.2 Å². The largest absolute Gasteiger partial charge is 0.504 e. The number of methoxy groups -OCH3 is 1. The van der Waals surface area contributed by atoms with Crippen LogP contribution in [0.15, 0.2) is 36.7 Å². The number of ether oxygens (including phenoxy) is 1. The second-order valence-electron chi connectivity index (χ2n) is 6.22. The quantitative estimate of drug-likeness (QED) is 0.551. The number of halogens is 1. The lowest BCUT2D eigenvalue weighted by Gasteiger charge is -2.14. The molecule has 0 saturated carbocycles. The van der Waals surface area contributed by atoms with Gasteiger partial charge >= 0.3 is 0 Å². The molecule has 7 nitrogen and oxygen atoms in total. The Kier molecular flexibility index (Phi) is 6.16. The molecule has 3 N–H and O–H groups in total. The molecule has 8 heteroatoms. The molecule has 0 spiro atoms. The third-order valence-corrected chi connectivity index (χ3v) is 4.45. The van der Waals surface area contributed by atoms with E-state index in [1.54, 1.807) is 24.3 Å². The van der Waals surface area contributed by atoms with E-state index in [1.807, 2.05) is 13.0 Å². The van der Waals surface area contributed by atoms with Crippen molar-refractivity contribution in [3.8, 4) is 11.5 Å². The van der Waals surface area contributed by atoms with Gasteiger partial charge in [0.1, 0.15) is 12.1 Å². The van der Waals surface area contributed by atoms with Crippen LogP contribution >= 0.6 is 11.6 Å². The molecule has 0 bridgehead atoms. The molecule has 146 valence electrons. The number of anilines is 2. The van der Waals surface area contributed by atoms with Crippen LogP contribution in [0.4, 0.5) is 11.5 Å². The Morgan fingerprint density at radius 2 is 2.07 bits per heavy atom. The number of phenolic OH excluding ortho intramolecular Hbond substituents is 1. The molecule has 28 heavy (non-hydrogen) atoms. The molecule has 0 aliphatic carbocycles. The zero-order valence-corrected chi connectivity index (χ0v) is 16.4. The van der Waals surface area contributed by atoms with Crippen LogP contribution in [0.2, 0.25) is 5.02 Å². The average molecular weight is 401 g/mol. The van der Waals surface area contributed by atoms with Crippen molar-refractivity contribution in [1.29, 1.82) is 0 Å². The summed E-state index contributed by atoms with van der Waals surface area (Å²) in [5.74, 6) is 0.824. The number of benzene rings is 2. The molecule has 1 aromatic heterocycles. The van der Waals surface area contributed by atoms with Crippen LogP contribution in [0.3, 0.4) is 0 Å². The average Bonchev–Trinajstić information content (AvgIpc) is 2.67. The Labute approximate surface area is 167 Å². The van der Waals surface area contributed by atoms with E-state index >= 15 is 0 Å². The van der Waals surface area contributed by atoms with Gasteiger partial charge in [0.15, 0.2) is 11.5 Å². The maximum atomic E-state index is 11.8. The molecule has 1 amide bonds. The number of nitrogens with zero attached hydrogens (tertiary/aromatic N) is 2. The van der Waals surface area contributed by atoms with Gasteiger partial charge in [0.05, 0.1) is 12.6 Å². The molecule has 0 radical (unpaired) electrons. The molecule has 0 aliphatic heterocycles. The summed E-state index contributed by atoms with van der Waals surface area (Å²) < 4.78 is 5.13. The first-order chi connectivity index (χ1) is 13.5. The van der Waals surface area contributed by atoms with Crippen molar-refractivity contribution in [2.24, 2.45) is 0 Å². The molecule has 0 saturated heterocycles. The summed E-state index contributed by atoms with van der Waals surface area (Å²) in [4.78, 5) is 20.3. The van der Waals surface area contributed by atoms with Crippen LogP contribution in [0.1, 0.15) is 25.3 Å². The molecule has 0 atom stereocenters. The van der Waals surface area contributed by atoms with Crippen LogP contribution in [0, 0.1) is 0 Å². The molecule has 3 aromatic rings. The summed E-state index contributed by atoms with van der Waals surface area (Å²) in [5, 5.41) is 17.4. The first-order valence-electron chi connectivity index (χ1n) is 8.85. The Bertz CT molecular complexity index is 1010. The topological polar surface area (TPSA) is 96.4 Å². The highest BCUT2D eigenvalue weighted by Crippen LogP contribution is 2.34. The molecule has 3 rings (SSSR count). The lowest BCUT2D eigenvalue weighted by molar-refractivity contribution is -0.121. The SMILES string of the molecule is CCCC(=O)NCc1ccc(Cl)cc1Nc1ncnc2cc(OC)c(O)cc12. The third-order valence-electron chi connectivity index (χ3n) is 4.21. The fourth-order valence-electron chi connectivity index (χ4n) is 2.79. The highest BCUT2D eigenvalue weighted by Gasteiger charge is 2.12. The minimum absolute atomic E-state index is 0.00657. The van der Waals surface area contributed by atoms with Gasteiger partial charge in [0.2, 0.25) is 5.91 Å². The van der Waals surface area contributed by atoms with Gasteiger partial charge < -0.3 is 20.5 Å². The van der Waals surface area contributed by atoms with E-state index < -0.39 is 0 Å². The number of phenols is 1. The lowest BCUT2D eigenvalue weighted by atomic mass is 10.1. The summed E-state index contributed by atoms with van der Waals surface area (Å²) in [6.07, 6.45) is 2.69. The molecule has 1 heterocycles. The first kappa shape index (κ1) is 19.7. The summed E-state index contributed by atoms with van der Waals surface area (Å²) in [6, 6.07) is 8.56. The van der Waals surface area contributed by atoms with Crippen LogP contribution in [-0.2, 0) is 11.3 Å². The smallest absolute Gasteiger partial charge is 0.220 e. The van der Waals surface area contributed by atoms with Crippen molar-refractivity contribution in [1.82, 2.24) is 15.3 Å². The number of fused-ring (bicyclic) bond motifs is 1. The van der Waals surface area contributed by atoms with Gasteiger partial charge in [-0.3, -0.25) is 4.79 Å². The van der Waals surface area contributed by atoms with E-state index in [0.29, 0.717) is 46.1 Å². The van der Waals surface area contributed by atoms with Gasteiger partial charge in [-0.2, -0.15) is 0 Å². The molecular formula is C20H21ClN4O3. The number of nitrogens with one attached hydrogen (secondary N) is 2. The maximum absolute atomic E-state index is 11.8. The monoisotopic (exact) mass is 400 g/mol. The number of hydrogen-bond donors (Lipinski definition) is 3. The number of aromatic nitrogens is 2. The van der Waals surface area contributed by atoms with Gasteiger partial charge in [-0.25, -0.2) is 9.97 Å². The molecule has 0 aliphatic rings. The Morgan fingerprint density at radius 3 is 2.82 bits per heavy atom. The molecule has 0 unspecified atom stereocenters. The molecule has 2 aromatic carbocycles. The number of carbonyl (C=O) groups excluding carboxylic acids is 1. The number of aromatic hydroxyl groups is 1. The summed E-state index contributed by atoms with van der Waals surface area (Å²) >= 11 is 6.16. The van der Waals surface area contributed by atoms with Crippen LogP contribution in [-0.4, -0.2) is 28.1 Å². The van der Waals surface area contributed by atoms with E-state index in [9.17, 15) is 9.90 Å². The van der Waals surface area contributed by atoms with Crippen molar-refractivity contribution in [2.75, 3.05) is 12.4 Å². The molecule has 0 fully saturated rings. The minimum Gasteiger partial charge on any atom is -0.504 e. The standard InChI is InChI=1S/C20H21ClN4O3/c1-3-4-19(27)22-10-12-5-6-13(21)7-15(12)25-20-14-8-17(26)18(28-2)9-16(14)23-11-24-20/h5-9,11,26H,3-4,10H2,1-2H3,(H,22,27)(H,23,24,25). The Hall–Kier alpha value is -3.06. The van der Waals surface area contributed by atoms with E-state index in [1.165, 1.54) is 13.4 Å². The van der Waals surface area contributed by atoms with Gasteiger partial charge in [-0.05, 0) is 30.2 Å². The zero-order valence-electron chi connectivity index (χ0n) is 15.6. The second kappa shape index (κ2) is 8.75. The van der Waals surface area contributed by atoms with E-state index in [2.05, 4.69) is 20.6 Å².